The molecule has 1 aliphatic rings. The van der Waals surface area contributed by atoms with Crippen molar-refractivity contribution in [2.45, 2.75) is 51.8 Å². The van der Waals surface area contributed by atoms with Gasteiger partial charge in [-0.1, -0.05) is 23.9 Å². The van der Waals surface area contributed by atoms with E-state index in [2.05, 4.69) is 15.6 Å². The molecule has 2 N–H and O–H groups in total. The van der Waals surface area contributed by atoms with Gasteiger partial charge in [0.15, 0.2) is 5.17 Å². The molecule has 1 heterocycles. The highest BCUT2D eigenvalue weighted by molar-refractivity contribution is 8.15. The van der Waals surface area contributed by atoms with Crippen molar-refractivity contribution in [2.24, 2.45) is 4.99 Å². The predicted molar refractivity (Wildman–Crippen MR) is 95.9 cm³/mol. The number of rotatable bonds is 3. The summed E-state index contributed by atoms with van der Waals surface area (Å²) in [4.78, 5) is 28.7. The highest BCUT2D eigenvalue weighted by Gasteiger charge is 2.32. The van der Waals surface area contributed by atoms with Crippen LogP contribution < -0.4 is 10.6 Å². The van der Waals surface area contributed by atoms with E-state index >= 15 is 0 Å². The zero-order chi connectivity index (χ0) is 17.2. The maximum Gasteiger partial charge on any atom is 0.240 e. The Balaban J connectivity index is 1.99. The van der Waals surface area contributed by atoms with Crippen LogP contribution in [0.4, 0.5) is 5.69 Å². The molecule has 1 aromatic carbocycles. The van der Waals surface area contributed by atoms with Gasteiger partial charge in [0, 0.05) is 12.1 Å². The van der Waals surface area contributed by atoms with Crippen LogP contribution in [0.1, 0.15) is 38.3 Å². The van der Waals surface area contributed by atoms with Crippen LogP contribution in [0.5, 0.6) is 0 Å². The normalized spacial score (nSPS) is 19.8. The number of hydrogen-bond donors (Lipinski definition) is 2. The largest absolute Gasteiger partial charge is 0.326 e. The standard InChI is InChI=1S/C17H23N3O2S/c1-10-6-7-11(2)12(8-10)18-14(21)9-13-15(22)19-16(23-13)20-17(3,4)5/h6-8,13H,9H2,1-5H3,(H,18,21)(H,19,20,22)/t13-/m0/s1. The number of anilines is 1. The maximum absolute atomic E-state index is 12.2. The molecule has 1 atom stereocenters. The van der Waals surface area contributed by atoms with E-state index in [-0.39, 0.29) is 23.8 Å². The van der Waals surface area contributed by atoms with E-state index in [0.717, 1.165) is 16.8 Å². The van der Waals surface area contributed by atoms with Crippen LogP contribution in [0.2, 0.25) is 0 Å². The third-order valence-electron chi connectivity index (χ3n) is 3.25. The molecule has 1 aromatic rings. The van der Waals surface area contributed by atoms with Crippen molar-refractivity contribution < 1.29 is 9.59 Å². The van der Waals surface area contributed by atoms with E-state index in [1.807, 2.05) is 52.8 Å². The summed E-state index contributed by atoms with van der Waals surface area (Å²) in [6.07, 6.45) is 0.132. The van der Waals surface area contributed by atoms with Gasteiger partial charge in [0.1, 0.15) is 5.25 Å². The summed E-state index contributed by atoms with van der Waals surface area (Å²) in [5.74, 6) is -0.322. The molecule has 0 aliphatic carbocycles. The highest BCUT2D eigenvalue weighted by Crippen LogP contribution is 2.25. The number of hydrogen-bond acceptors (Lipinski definition) is 4. The Labute approximate surface area is 141 Å². The topological polar surface area (TPSA) is 70.6 Å². The Bertz CT molecular complexity index is 662. The summed E-state index contributed by atoms with van der Waals surface area (Å²) in [6, 6.07) is 5.90. The first-order valence-corrected chi connectivity index (χ1v) is 8.46. The number of aryl methyl sites for hydroxylation is 2. The molecule has 6 heteroatoms. The Hall–Kier alpha value is -1.82. The lowest BCUT2D eigenvalue weighted by Crippen LogP contribution is -2.29. The van der Waals surface area contributed by atoms with Crippen molar-refractivity contribution in [3.63, 3.8) is 0 Å². The van der Waals surface area contributed by atoms with E-state index in [1.165, 1.54) is 11.8 Å². The van der Waals surface area contributed by atoms with Crippen LogP contribution in [-0.4, -0.2) is 27.8 Å². The number of amides is 2. The van der Waals surface area contributed by atoms with Crippen molar-refractivity contribution in [3.05, 3.63) is 29.3 Å². The second-order valence-electron chi connectivity index (χ2n) is 6.75. The molecule has 1 saturated heterocycles. The van der Waals surface area contributed by atoms with Gasteiger partial charge in [-0.3, -0.25) is 14.6 Å². The third-order valence-corrected chi connectivity index (χ3v) is 4.33. The van der Waals surface area contributed by atoms with Crippen molar-refractivity contribution in [1.29, 1.82) is 0 Å². The minimum Gasteiger partial charge on any atom is -0.326 e. The maximum atomic E-state index is 12.2. The van der Waals surface area contributed by atoms with Crippen molar-refractivity contribution in [1.82, 2.24) is 5.32 Å². The number of thioether (sulfide) groups is 1. The number of amidine groups is 1. The van der Waals surface area contributed by atoms with Crippen molar-refractivity contribution >= 4 is 34.4 Å². The molecule has 2 rings (SSSR count). The van der Waals surface area contributed by atoms with E-state index < -0.39 is 5.25 Å². The zero-order valence-electron chi connectivity index (χ0n) is 14.2. The van der Waals surface area contributed by atoms with Crippen LogP contribution in [0.3, 0.4) is 0 Å². The third kappa shape index (κ3) is 5.10. The number of benzene rings is 1. The molecule has 0 unspecified atom stereocenters. The summed E-state index contributed by atoms with van der Waals surface area (Å²) in [6.45, 7) is 9.82. The lowest BCUT2D eigenvalue weighted by atomic mass is 10.1. The van der Waals surface area contributed by atoms with Crippen LogP contribution in [0.25, 0.3) is 0 Å². The molecule has 0 radical (unpaired) electrons. The van der Waals surface area contributed by atoms with Gasteiger partial charge in [0.2, 0.25) is 11.8 Å². The van der Waals surface area contributed by atoms with Gasteiger partial charge in [-0.05, 0) is 51.8 Å². The Morgan fingerprint density at radius 1 is 1.35 bits per heavy atom. The first-order valence-electron chi connectivity index (χ1n) is 7.58. The van der Waals surface area contributed by atoms with Gasteiger partial charge >= 0.3 is 0 Å². The second-order valence-corrected chi connectivity index (χ2v) is 7.95. The number of nitrogens with one attached hydrogen (secondary N) is 2. The van der Waals surface area contributed by atoms with E-state index in [0.29, 0.717) is 5.17 Å². The van der Waals surface area contributed by atoms with Gasteiger partial charge in [-0.25, -0.2) is 0 Å². The molecule has 5 nitrogen and oxygen atoms in total. The second kappa shape index (κ2) is 6.74. The lowest BCUT2D eigenvalue weighted by molar-refractivity contribution is -0.122. The molecule has 1 aliphatic heterocycles. The van der Waals surface area contributed by atoms with Crippen molar-refractivity contribution in [2.75, 3.05) is 5.32 Å². The van der Waals surface area contributed by atoms with Crippen LogP contribution in [-0.2, 0) is 9.59 Å². The Morgan fingerprint density at radius 2 is 2.04 bits per heavy atom. The smallest absolute Gasteiger partial charge is 0.240 e. The molecule has 124 valence electrons. The van der Waals surface area contributed by atoms with Gasteiger partial charge in [-0.15, -0.1) is 0 Å². The zero-order valence-corrected chi connectivity index (χ0v) is 15.0. The fourth-order valence-electron chi connectivity index (χ4n) is 2.14. The van der Waals surface area contributed by atoms with Gasteiger partial charge < -0.3 is 10.6 Å². The van der Waals surface area contributed by atoms with Crippen molar-refractivity contribution in [3.8, 4) is 0 Å². The van der Waals surface area contributed by atoms with Gasteiger partial charge in [-0.2, -0.15) is 0 Å². The number of carbonyl (C=O) groups is 2. The van der Waals surface area contributed by atoms with E-state index in [1.54, 1.807) is 0 Å². The monoisotopic (exact) mass is 333 g/mol. The first kappa shape index (κ1) is 17.5. The Morgan fingerprint density at radius 3 is 2.70 bits per heavy atom. The first-order chi connectivity index (χ1) is 10.6. The van der Waals surface area contributed by atoms with Crippen LogP contribution >= 0.6 is 11.8 Å². The van der Waals surface area contributed by atoms with Crippen LogP contribution in [0.15, 0.2) is 23.2 Å². The van der Waals surface area contributed by atoms with Gasteiger partial charge in [0.05, 0.1) is 5.54 Å². The fraction of sp³-hybridized carbons (Fsp3) is 0.471. The molecular weight excluding hydrogens is 310 g/mol. The van der Waals surface area contributed by atoms with E-state index in [9.17, 15) is 9.59 Å². The number of aliphatic imine (C=N–C) groups is 1. The average Bonchev–Trinajstić information content (AvgIpc) is 2.71. The minimum atomic E-state index is -0.429. The quantitative estimate of drug-likeness (QED) is 0.893. The predicted octanol–water partition coefficient (Wildman–Crippen LogP) is 3.02. The van der Waals surface area contributed by atoms with E-state index in [4.69, 9.17) is 0 Å². The average molecular weight is 333 g/mol. The minimum absolute atomic E-state index is 0.132. The fourth-order valence-corrected chi connectivity index (χ4v) is 3.29. The highest BCUT2D eigenvalue weighted by atomic mass is 32.2. The number of nitrogens with zero attached hydrogens (tertiary/aromatic N) is 1. The summed E-state index contributed by atoms with van der Waals surface area (Å²) in [5.41, 5.74) is 2.62. The summed E-state index contributed by atoms with van der Waals surface area (Å²) in [5, 5.41) is 5.79. The molecule has 1 fully saturated rings. The molecule has 0 bridgehead atoms. The SMILES string of the molecule is Cc1ccc(C)c(NC(=O)C[C@@H]2SC(=NC(C)(C)C)NC2=O)c1. The Kier molecular flexibility index (Phi) is 5.14. The summed E-state index contributed by atoms with van der Waals surface area (Å²) >= 11 is 1.32. The summed E-state index contributed by atoms with van der Waals surface area (Å²) in [7, 11) is 0. The molecule has 23 heavy (non-hydrogen) atoms. The summed E-state index contributed by atoms with van der Waals surface area (Å²) < 4.78 is 0. The molecule has 0 saturated carbocycles. The molecular formula is C17H23N3O2S. The van der Waals surface area contributed by atoms with Crippen LogP contribution in [0, 0.1) is 13.8 Å². The molecule has 2 amide bonds. The molecule has 0 aromatic heterocycles. The lowest BCUT2D eigenvalue weighted by Gasteiger charge is -2.12. The molecule has 0 spiro atoms. The van der Waals surface area contributed by atoms with Gasteiger partial charge in [0.25, 0.3) is 0 Å². The number of carbonyl (C=O) groups excluding carboxylic acids is 2.